The summed E-state index contributed by atoms with van der Waals surface area (Å²) in [5, 5.41) is 0.776. The summed E-state index contributed by atoms with van der Waals surface area (Å²) in [5.41, 5.74) is 5.08. The van der Waals surface area contributed by atoms with Crippen molar-refractivity contribution in [2.45, 2.75) is 33.1 Å². The molecule has 0 saturated carbocycles. The largest absolute Gasteiger partial charge is 0.362 e. The minimum absolute atomic E-state index is 0.148. The van der Waals surface area contributed by atoms with Crippen molar-refractivity contribution in [3.63, 3.8) is 0 Å². The Balaban J connectivity index is 2.46. The molecule has 1 aromatic heterocycles. The molecule has 1 heterocycles. The minimum Gasteiger partial charge on any atom is -0.362 e. The quantitative estimate of drug-likeness (QED) is 0.735. The first-order valence-electron chi connectivity index (χ1n) is 5.84. The standard InChI is InChI=1S/C15H18ClN/c1-10-13(9-14(17-10)15(2,3)4)11-5-7-12(16)8-6-11/h5-9,17H,1-4H3. The summed E-state index contributed by atoms with van der Waals surface area (Å²) in [5.74, 6) is 0. The van der Waals surface area contributed by atoms with E-state index in [0.29, 0.717) is 0 Å². The highest BCUT2D eigenvalue weighted by Crippen LogP contribution is 2.30. The van der Waals surface area contributed by atoms with Gasteiger partial charge in [-0.3, -0.25) is 0 Å². The molecule has 90 valence electrons. The van der Waals surface area contributed by atoms with E-state index >= 15 is 0 Å². The Bertz CT molecular complexity index is 515. The summed E-state index contributed by atoms with van der Waals surface area (Å²) in [6.07, 6.45) is 0. The fourth-order valence-electron chi connectivity index (χ4n) is 1.89. The Kier molecular flexibility index (Phi) is 3.05. The maximum absolute atomic E-state index is 5.91. The molecule has 0 saturated heterocycles. The Labute approximate surface area is 108 Å². The van der Waals surface area contributed by atoms with Gasteiger partial charge in [0.2, 0.25) is 0 Å². The number of benzene rings is 1. The number of hydrogen-bond acceptors (Lipinski definition) is 0. The lowest BCUT2D eigenvalue weighted by atomic mass is 9.92. The molecular formula is C15H18ClN. The highest BCUT2D eigenvalue weighted by atomic mass is 35.5. The van der Waals surface area contributed by atoms with Gasteiger partial charge < -0.3 is 4.98 Å². The van der Waals surface area contributed by atoms with Crippen LogP contribution in [0.1, 0.15) is 32.2 Å². The number of H-pyrrole nitrogens is 1. The van der Waals surface area contributed by atoms with Gasteiger partial charge >= 0.3 is 0 Å². The Morgan fingerprint density at radius 2 is 1.65 bits per heavy atom. The third kappa shape index (κ3) is 2.55. The molecule has 0 aliphatic heterocycles. The number of halogens is 1. The fourth-order valence-corrected chi connectivity index (χ4v) is 2.02. The molecule has 0 amide bonds. The fraction of sp³-hybridized carbons (Fsp3) is 0.333. The molecule has 0 unspecified atom stereocenters. The zero-order chi connectivity index (χ0) is 12.6. The van der Waals surface area contributed by atoms with E-state index in [2.05, 4.69) is 50.9 Å². The third-order valence-corrected chi connectivity index (χ3v) is 3.23. The molecule has 0 radical (unpaired) electrons. The lowest BCUT2D eigenvalue weighted by Crippen LogP contribution is -2.11. The summed E-state index contributed by atoms with van der Waals surface area (Å²) in [4.78, 5) is 3.46. The highest BCUT2D eigenvalue weighted by Gasteiger charge is 2.17. The van der Waals surface area contributed by atoms with Crippen LogP contribution in [-0.2, 0) is 5.41 Å². The Morgan fingerprint density at radius 3 is 2.12 bits per heavy atom. The molecule has 1 N–H and O–H groups in total. The monoisotopic (exact) mass is 247 g/mol. The highest BCUT2D eigenvalue weighted by molar-refractivity contribution is 6.30. The van der Waals surface area contributed by atoms with E-state index in [9.17, 15) is 0 Å². The van der Waals surface area contributed by atoms with Gasteiger partial charge in [0.1, 0.15) is 0 Å². The van der Waals surface area contributed by atoms with Crippen molar-refractivity contribution in [1.29, 1.82) is 0 Å². The molecule has 0 atom stereocenters. The lowest BCUT2D eigenvalue weighted by molar-refractivity contribution is 0.572. The van der Waals surface area contributed by atoms with Crippen molar-refractivity contribution in [2.75, 3.05) is 0 Å². The molecule has 17 heavy (non-hydrogen) atoms. The summed E-state index contributed by atoms with van der Waals surface area (Å²) in [6, 6.07) is 10.2. The Hall–Kier alpha value is -1.21. The van der Waals surface area contributed by atoms with E-state index in [0.717, 1.165) is 5.02 Å². The number of nitrogens with one attached hydrogen (secondary N) is 1. The first-order valence-corrected chi connectivity index (χ1v) is 6.22. The van der Waals surface area contributed by atoms with Crippen LogP contribution >= 0.6 is 11.6 Å². The maximum atomic E-state index is 5.91. The molecule has 0 aliphatic carbocycles. The van der Waals surface area contributed by atoms with Crippen LogP contribution in [0.15, 0.2) is 30.3 Å². The van der Waals surface area contributed by atoms with Crippen LogP contribution in [-0.4, -0.2) is 4.98 Å². The van der Waals surface area contributed by atoms with Crippen LogP contribution < -0.4 is 0 Å². The molecule has 0 aliphatic rings. The predicted octanol–water partition coefficient (Wildman–Crippen LogP) is 4.94. The van der Waals surface area contributed by atoms with Crippen molar-refractivity contribution in [3.05, 3.63) is 46.7 Å². The van der Waals surface area contributed by atoms with Crippen molar-refractivity contribution >= 4 is 11.6 Å². The topological polar surface area (TPSA) is 15.8 Å². The van der Waals surface area contributed by atoms with Gasteiger partial charge in [0.05, 0.1) is 0 Å². The first-order chi connectivity index (χ1) is 7.88. The van der Waals surface area contributed by atoms with Crippen LogP contribution in [0.4, 0.5) is 0 Å². The first kappa shape index (κ1) is 12.3. The van der Waals surface area contributed by atoms with Crippen molar-refractivity contribution in [1.82, 2.24) is 4.98 Å². The maximum Gasteiger partial charge on any atom is 0.0406 e. The second-order valence-corrected chi connectivity index (χ2v) is 5.92. The molecule has 2 rings (SSSR count). The van der Waals surface area contributed by atoms with Crippen LogP contribution in [0.25, 0.3) is 11.1 Å². The van der Waals surface area contributed by atoms with E-state index < -0.39 is 0 Å². The lowest BCUT2D eigenvalue weighted by Gasteiger charge is -2.15. The molecule has 0 bridgehead atoms. The molecule has 1 nitrogen and oxygen atoms in total. The summed E-state index contributed by atoms with van der Waals surface area (Å²) < 4.78 is 0. The normalized spacial score (nSPS) is 11.8. The van der Waals surface area contributed by atoms with E-state index in [1.807, 2.05) is 12.1 Å². The molecule has 2 aromatic rings. The molecule has 0 spiro atoms. The van der Waals surface area contributed by atoms with E-state index in [-0.39, 0.29) is 5.41 Å². The number of rotatable bonds is 1. The number of aromatic nitrogens is 1. The summed E-state index contributed by atoms with van der Waals surface area (Å²) in [6.45, 7) is 8.75. The van der Waals surface area contributed by atoms with Crippen LogP contribution in [0, 0.1) is 6.92 Å². The second kappa shape index (κ2) is 4.23. The van der Waals surface area contributed by atoms with E-state index in [1.165, 1.54) is 22.5 Å². The average molecular weight is 248 g/mol. The molecule has 1 aromatic carbocycles. The van der Waals surface area contributed by atoms with E-state index in [1.54, 1.807) is 0 Å². The van der Waals surface area contributed by atoms with Crippen LogP contribution in [0.5, 0.6) is 0 Å². The molecule has 2 heteroatoms. The number of aromatic amines is 1. The minimum atomic E-state index is 0.148. The molecular weight excluding hydrogens is 230 g/mol. The van der Waals surface area contributed by atoms with Gasteiger partial charge in [-0.25, -0.2) is 0 Å². The van der Waals surface area contributed by atoms with Gasteiger partial charge in [-0.2, -0.15) is 0 Å². The average Bonchev–Trinajstić information content (AvgIpc) is 2.61. The van der Waals surface area contributed by atoms with Gasteiger partial charge in [-0.05, 0) is 30.7 Å². The molecule has 0 fully saturated rings. The van der Waals surface area contributed by atoms with Gasteiger partial charge in [0.15, 0.2) is 0 Å². The van der Waals surface area contributed by atoms with Crippen LogP contribution in [0.2, 0.25) is 5.02 Å². The van der Waals surface area contributed by atoms with Crippen molar-refractivity contribution in [3.8, 4) is 11.1 Å². The van der Waals surface area contributed by atoms with E-state index in [4.69, 9.17) is 11.6 Å². The summed E-state index contributed by atoms with van der Waals surface area (Å²) in [7, 11) is 0. The summed E-state index contributed by atoms with van der Waals surface area (Å²) >= 11 is 5.91. The van der Waals surface area contributed by atoms with Gasteiger partial charge in [0, 0.05) is 27.4 Å². The van der Waals surface area contributed by atoms with Crippen LogP contribution in [0.3, 0.4) is 0 Å². The van der Waals surface area contributed by atoms with Gasteiger partial charge in [-0.15, -0.1) is 0 Å². The Morgan fingerprint density at radius 1 is 1.06 bits per heavy atom. The predicted molar refractivity (Wildman–Crippen MR) is 74.7 cm³/mol. The zero-order valence-corrected chi connectivity index (χ0v) is 11.5. The van der Waals surface area contributed by atoms with Crippen molar-refractivity contribution in [2.24, 2.45) is 0 Å². The third-order valence-electron chi connectivity index (χ3n) is 2.98. The van der Waals surface area contributed by atoms with Gasteiger partial charge in [0.25, 0.3) is 0 Å². The van der Waals surface area contributed by atoms with Gasteiger partial charge in [-0.1, -0.05) is 44.5 Å². The SMILES string of the molecule is Cc1[nH]c(C(C)(C)C)cc1-c1ccc(Cl)cc1. The number of aryl methyl sites for hydroxylation is 1. The second-order valence-electron chi connectivity index (χ2n) is 5.48. The van der Waals surface area contributed by atoms with Crippen molar-refractivity contribution < 1.29 is 0 Å². The zero-order valence-electron chi connectivity index (χ0n) is 10.8. The number of hydrogen-bond donors (Lipinski definition) is 1. The smallest absolute Gasteiger partial charge is 0.0406 e.